The Morgan fingerprint density at radius 1 is 1.63 bits per heavy atom. The minimum absolute atomic E-state index is 0.0872. The maximum absolute atomic E-state index is 11.8. The molecule has 2 atom stereocenters. The van der Waals surface area contributed by atoms with Crippen molar-refractivity contribution in [1.29, 1.82) is 0 Å². The van der Waals surface area contributed by atoms with Crippen LogP contribution in [0.15, 0.2) is 17.5 Å². The Balaban J connectivity index is 1.74. The first kappa shape index (κ1) is 14.0. The fraction of sp³-hybridized carbons (Fsp3) is 0.538. The van der Waals surface area contributed by atoms with Gasteiger partial charge in [0.1, 0.15) is 4.88 Å². The van der Waals surface area contributed by atoms with Crippen molar-refractivity contribution in [2.24, 2.45) is 0 Å². The van der Waals surface area contributed by atoms with Crippen molar-refractivity contribution in [3.8, 4) is 0 Å². The Bertz CT molecular complexity index is 426. The highest BCUT2D eigenvalue weighted by Gasteiger charge is 2.21. The number of amides is 1. The highest BCUT2D eigenvalue weighted by Crippen LogP contribution is 2.12. The Kier molecular flexibility index (Phi) is 4.93. The van der Waals surface area contributed by atoms with Crippen molar-refractivity contribution >= 4 is 23.2 Å². The molecule has 0 spiro atoms. The molecule has 0 aromatic carbocycles. The SMILES string of the molecule is C[C@@H](OC(=O)c1cccs1)C(=O)NC[C@@H]1CCCO1. The molecule has 1 saturated heterocycles. The van der Waals surface area contributed by atoms with Crippen molar-refractivity contribution in [1.82, 2.24) is 5.32 Å². The van der Waals surface area contributed by atoms with E-state index in [0.717, 1.165) is 19.4 Å². The number of carbonyl (C=O) groups excluding carboxylic acids is 2. The summed E-state index contributed by atoms with van der Waals surface area (Å²) >= 11 is 1.29. The van der Waals surface area contributed by atoms with Crippen LogP contribution in [0.3, 0.4) is 0 Å². The van der Waals surface area contributed by atoms with Gasteiger partial charge in [-0.2, -0.15) is 0 Å². The lowest BCUT2D eigenvalue weighted by molar-refractivity contribution is -0.129. The lowest BCUT2D eigenvalue weighted by atomic mass is 10.2. The minimum atomic E-state index is -0.795. The maximum atomic E-state index is 11.8. The standard InChI is InChI=1S/C13H17NO4S/c1-9(18-13(16)11-5-3-7-19-11)12(15)14-8-10-4-2-6-17-10/h3,5,7,9-10H,2,4,6,8H2,1H3,(H,14,15)/t9-,10+/m1/s1. The quantitative estimate of drug-likeness (QED) is 0.833. The maximum Gasteiger partial charge on any atom is 0.349 e. The van der Waals surface area contributed by atoms with Crippen LogP contribution in [0.5, 0.6) is 0 Å². The van der Waals surface area contributed by atoms with Gasteiger partial charge in [0, 0.05) is 13.2 Å². The lowest BCUT2D eigenvalue weighted by Gasteiger charge is -2.15. The molecule has 0 saturated carbocycles. The van der Waals surface area contributed by atoms with Crippen LogP contribution in [0.1, 0.15) is 29.4 Å². The van der Waals surface area contributed by atoms with E-state index in [9.17, 15) is 9.59 Å². The van der Waals surface area contributed by atoms with Gasteiger partial charge in [-0.05, 0) is 31.2 Å². The summed E-state index contributed by atoms with van der Waals surface area (Å²) in [6.07, 6.45) is 1.28. The van der Waals surface area contributed by atoms with E-state index in [1.54, 1.807) is 24.4 Å². The number of ether oxygens (including phenoxy) is 2. The zero-order valence-electron chi connectivity index (χ0n) is 10.8. The molecule has 1 N–H and O–H groups in total. The molecule has 0 radical (unpaired) electrons. The summed E-state index contributed by atoms with van der Waals surface area (Å²) in [7, 11) is 0. The molecule has 2 heterocycles. The summed E-state index contributed by atoms with van der Waals surface area (Å²) in [4.78, 5) is 23.9. The number of carbonyl (C=O) groups is 2. The average molecular weight is 283 g/mol. The van der Waals surface area contributed by atoms with Gasteiger partial charge in [-0.3, -0.25) is 4.79 Å². The Hall–Kier alpha value is -1.40. The van der Waals surface area contributed by atoms with Crippen LogP contribution in [0, 0.1) is 0 Å². The molecule has 1 aliphatic rings. The third-order valence-corrected chi connectivity index (χ3v) is 3.75. The molecule has 6 heteroatoms. The molecule has 0 unspecified atom stereocenters. The van der Waals surface area contributed by atoms with E-state index in [2.05, 4.69) is 5.32 Å². The molecule has 0 bridgehead atoms. The molecular weight excluding hydrogens is 266 g/mol. The predicted octanol–water partition coefficient (Wildman–Crippen LogP) is 1.59. The molecule has 1 aromatic heterocycles. The first-order valence-corrected chi connectivity index (χ1v) is 7.18. The summed E-state index contributed by atoms with van der Waals surface area (Å²) in [6, 6.07) is 3.44. The van der Waals surface area contributed by atoms with Gasteiger partial charge >= 0.3 is 5.97 Å². The Labute approximate surface area is 115 Å². The number of hydrogen-bond donors (Lipinski definition) is 1. The molecule has 1 fully saturated rings. The number of nitrogens with one attached hydrogen (secondary N) is 1. The molecule has 5 nitrogen and oxygen atoms in total. The average Bonchev–Trinajstić information content (AvgIpc) is 3.08. The summed E-state index contributed by atoms with van der Waals surface area (Å²) in [5.41, 5.74) is 0. The summed E-state index contributed by atoms with van der Waals surface area (Å²) in [5.74, 6) is -0.754. The van der Waals surface area contributed by atoms with E-state index >= 15 is 0 Å². The molecule has 1 aliphatic heterocycles. The second-order valence-corrected chi connectivity index (χ2v) is 5.35. The molecule has 1 amide bonds. The zero-order valence-corrected chi connectivity index (χ0v) is 11.6. The molecule has 19 heavy (non-hydrogen) atoms. The summed E-state index contributed by atoms with van der Waals surface area (Å²) in [6.45, 7) is 2.79. The van der Waals surface area contributed by atoms with Crippen molar-refractivity contribution in [3.63, 3.8) is 0 Å². The van der Waals surface area contributed by atoms with Gasteiger partial charge in [0.05, 0.1) is 6.10 Å². The van der Waals surface area contributed by atoms with E-state index in [1.807, 2.05) is 0 Å². The van der Waals surface area contributed by atoms with Gasteiger partial charge in [-0.25, -0.2) is 4.79 Å². The van der Waals surface area contributed by atoms with Crippen LogP contribution < -0.4 is 5.32 Å². The Morgan fingerprint density at radius 3 is 3.11 bits per heavy atom. The van der Waals surface area contributed by atoms with Crippen molar-refractivity contribution < 1.29 is 19.1 Å². The normalized spacial score (nSPS) is 19.9. The third-order valence-electron chi connectivity index (χ3n) is 2.90. The van der Waals surface area contributed by atoms with E-state index < -0.39 is 12.1 Å². The van der Waals surface area contributed by atoms with Crippen LogP contribution >= 0.6 is 11.3 Å². The minimum Gasteiger partial charge on any atom is -0.448 e. The van der Waals surface area contributed by atoms with Crippen molar-refractivity contribution in [3.05, 3.63) is 22.4 Å². The smallest absolute Gasteiger partial charge is 0.349 e. The Morgan fingerprint density at radius 2 is 2.47 bits per heavy atom. The zero-order chi connectivity index (χ0) is 13.7. The van der Waals surface area contributed by atoms with Gasteiger partial charge in [0.15, 0.2) is 6.10 Å². The van der Waals surface area contributed by atoms with Gasteiger partial charge in [-0.1, -0.05) is 6.07 Å². The largest absolute Gasteiger partial charge is 0.448 e. The van der Waals surface area contributed by atoms with E-state index in [1.165, 1.54) is 11.3 Å². The van der Waals surface area contributed by atoms with Gasteiger partial charge in [0.2, 0.25) is 0 Å². The highest BCUT2D eigenvalue weighted by molar-refractivity contribution is 7.11. The molecule has 2 rings (SSSR count). The first-order chi connectivity index (χ1) is 9.16. The lowest BCUT2D eigenvalue weighted by Crippen LogP contribution is -2.39. The molecule has 1 aromatic rings. The number of hydrogen-bond acceptors (Lipinski definition) is 5. The molecular formula is C13H17NO4S. The predicted molar refractivity (Wildman–Crippen MR) is 71.2 cm³/mol. The van der Waals surface area contributed by atoms with Crippen LogP contribution in [0.25, 0.3) is 0 Å². The summed E-state index contributed by atoms with van der Waals surface area (Å²) < 4.78 is 10.5. The monoisotopic (exact) mass is 283 g/mol. The van der Waals surface area contributed by atoms with Gasteiger partial charge in [-0.15, -0.1) is 11.3 Å². The molecule has 0 aliphatic carbocycles. The van der Waals surface area contributed by atoms with Crippen molar-refractivity contribution in [2.45, 2.75) is 32.0 Å². The van der Waals surface area contributed by atoms with E-state index in [-0.39, 0.29) is 12.0 Å². The number of rotatable bonds is 5. The van der Waals surface area contributed by atoms with Gasteiger partial charge in [0.25, 0.3) is 5.91 Å². The number of esters is 1. The summed E-state index contributed by atoms with van der Waals surface area (Å²) in [5, 5.41) is 4.53. The van der Waals surface area contributed by atoms with Crippen molar-refractivity contribution in [2.75, 3.05) is 13.2 Å². The van der Waals surface area contributed by atoms with Crippen LogP contribution in [0.2, 0.25) is 0 Å². The van der Waals surface area contributed by atoms with E-state index in [0.29, 0.717) is 11.4 Å². The van der Waals surface area contributed by atoms with Crippen LogP contribution in [-0.4, -0.2) is 37.2 Å². The van der Waals surface area contributed by atoms with Crippen LogP contribution in [-0.2, 0) is 14.3 Å². The topological polar surface area (TPSA) is 64.6 Å². The highest BCUT2D eigenvalue weighted by atomic mass is 32.1. The van der Waals surface area contributed by atoms with Crippen LogP contribution in [0.4, 0.5) is 0 Å². The van der Waals surface area contributed by atoms with Gasteiger partial charge < -0.3 is 14.8 Å². The van der Waals surface area contributed by atoms with E-state index in [4.69, 9.17) is 9.47 Å². The fourth-order valence-electron chi connectivity index (χ4n) is 1.83. The fourth-order valence-corrected chi connectivity index (χ4v) is 2.44. The first-order valence-electron chi connectivity index (χ1n) is 6.30. The number of thiophene rings is 1. The molecule has 104 valence electrons. The third kappa shape index (κ3) is 4.04. The second kappa shape index (κ2) is 6.68. The second-order valence-electron chi connectivity index (χ2n) is 4.41.